The molecule has 0 bridgehead atoms. The van der Waals surface area contributed by atoms with E-state index in [1.165, 1.54) is 83.5 Å². The summed E-state index contributed by atoms with van der Waals surface area (Å²) >= 11 is 0. The van der Waals surface area contributed by atoms with Crippen LogP contribution in [0.25, 0.3) is 0 Å². The Balaban J connectivity index is 1.88. The van der Waals surface area contributed by atoms with Gasteiger partial charge in [0.25, 0.3) is 0 Å². The van der Waals surface area contributed by atoms with Crippen LogP contribution in [0, 0.1) is 0 Å². The highest BCUT2D eigenvalue weighted by molar-refractivity contribution is 4.88. The molecule has 1 unspecified atom stereocenters. The van der Waals surface area contributed by atoms with Crippen LogP contribution in [0.5, 0.6) is 0 Å². The summed E-state index contributed by atoms with van der Waals surface area (Å²) in [4.78, 5) is 0. The minimum atomic E-state index is -1.37. The molecule has 29 heavy (non-hydrogen) atoms. The van der Waals surface area contributed by atoms with Crippen molar-refractivity contribution in [2.45, 2.75) is 134 Å². The Morgan fingerprint density at radius 2 is 1.07 bits per heavy atom. The summed E-state index contributed by atoms with van der Waals surface area (Å²) in [5, 5.41) is 38.5. The number of hydrogen-bond donors (Lipinski definition) is 4. The van der Waals surface area contributed by atoms with E-state index in [0.717, 1.165) is 12.8 Å². The van der Waals surface area contributed by atoms with Gasteiger partial charge in [-0.2, -0.15) is 0 Å². The SMILES string of the molecule is CCCCCCCCCCCCCCCCCOC1O[C@H](CO)[C@@H](O)[C@H](O)[C@H]1O. The van der Waals surface area contributed by atoms with E-state index in [-0.39, 0.29) is 0 Å². The highest BCUT2D eigenvalue weighted by atomic mass is 16.7. The average Bonchev–Trinajstić information content (AvgIpc) is 2.73. The lowest BCUT2D eigenvalue weighted by atomic mass is 9.99. The number of ether oxygens (including phenoxy) is 2. The number of aliphatic hydroxyl groups excluding tert-OH is 4. The second-order valence-corrected chi connectivity index (χ2v) is 8.52. The van der Waals surface area contributed by atoms with Crippen molar-refractivity contribution >= 4 is 0 Å². The maximum atomic E-state index is 9.91. The van der Waals surface area contributed by atoms with E-state index in [0.29, 0.717) is 6.61 Å². The quantitative estimate of drug-likeness (QED) is 0.254. The van der Waals surface area contributed by atoms with Gasteiger partial charge in [-0.15, -0.1) is 0 Å². The molecular weight excluding hydrogens is 372 g/mol. The zero-order chi connectivity index (χ0) is 21.3. The summed E-state index contributed by atoms with van der Waals surface area (Å²) in [5.74, 6) is 0. The van der Waals surface area contributed by atoms with Crippen molar-refractivity contribution in [3.8, 4) is 0 Å². The Kier molecular flexibility index (Phi) is 16.1. The van der Waals surface area contributed by atoms with Gasteiger partial charge in [0.15, 0.2) is 6.29 Å². The second-order valence-electron chi connectivity index (χ2n) is 8.52. The largest absolute Gasteiger partial charge is 0.394 e. The third-order valence-electron chi connectivity index (χ3n) is 5.88. The van der Waals surface area contributed by atoms with E-state index in [9.17, 15) is 15.3 Å². The monoisotopic (exact) mass is 418 g/mol. The van der Waals surface area contributed by atoms with Gasteiger partial charge in [0.2, 0.25) is 0 Å². The van der Waals surface area contributed by atoms with E-state index in [1.54, 1.807) is 0 Å². The standard InChI is InChI=1S/C23H46O6/c1-2-3-4-5-6-7-8-9-10-11-12-13-14-15-16-17-28-23-22(27)21(26)20(25)19(18-24)29-23/h19-27H,2-18H2,1H3/t19-,20-,21+,22-,23?/m1/s1. The van der Waals surface area contributed by atoms with Crippen LogP contribution in [0.2, 0.25) is 0 Å². The molecule has 0 aromatic carbocycles. The molecule has 0 spiro atoms. The predicted molar refractivity (Wildman–Crippen MR) is 115 cm³/mol. The van der Waals surface area contributed by atoms with Gasteiger partial charge in [0, 0.05) is 6.61 Å². The second kappa shape index (κ2) is 17.4. The molecular formula is C23H46O6. The molecule has 0 saturated carbocycles. The lowest BCUT2D eigenvalue weighted by molar-refractivity contribution is -0.301. The van der Waals surface area contributed by atoms with Crippen molar-refractivity contribution in [1.82, 2.24) is 0 Å². The van der Waals surface area contributed by atoms with Crippen molar-refractivity contribution in [2.75, 3.05) is 13.2 Å². The van der Waals surface area contributed by atoms with Crippen molar-refractivity contribution in [3.63, 3.8) is 0 Å². The van der Waals surface area contributed by atoms with Crippen LogP contribution < -0.4 is 0 Å². The number of unbranched alkanes of at least 4 members (excludes halogenated alkanes) is 14. The smallest absolute Gasteiger partial charge is 0.186 e. The van der Waals surface area contributed by atoms with Crippen molar-refractivity contribution in [3.05, 3.63) is 0 Å². The first-order valence-electron chi connectivity index (χ1n) is 12.0. The first-order valence-corrected chi connectivity index (χ1v) is 12.0. The molecule has 6 heteroatoms. The first kappa shape index (κ1) is 26.8. The Labute approximate surface area is 177 Å². The Bertz CT molecular complexity index is 365. The molecule has 0 aromatic rings. The normalized spacial score (nSPS) is 27.4. The van der Waals surface area contributed by atoms with E-state index < -0.39 is 37.3 Å². The van der Waals surface area contributed by atoms with Gasteiger partial charge in [-0.25, -0.2) is 0 Å². The summed E-state index contributed by atoms with van der Waals surface area (Å²) in [6.07, 6.45) is 13.5. The molecule has 174 valence electrons. The van der Waals surface area contributed by atoms with E-state index in [4.69, 9.17) is 14.6 Å². The fourth-order valence-electron chi connectivity index (χ4n) is 3.88. The average molecular weight is 419 g/mol. The molecule has 1 rings (SSSR count). The maximum Gasteiger partial charge on any atom is 0.186 e. The van der Waals surface area contributed by atoms with Crippen molar-refractivity contribution < 1.29 is 29.9 Å². The zero-order valence-electron chi connectivity index (χ0n) is 18.5. The van der Waals surface area contributed by atoms with E-state index >= 15 is 0 Å². The van der Waals surface area contributed by atoms with Crippen LogP contribution in [0.15, 0.2) is 0 Å². The van der Waals surface area contributed by atoms with Crippen LogP contribution in [0.3, 0.4) is 0 Å². The molecule has 1 fully saturated rings. The summed E-state index contributed by atoms with van der Waals surface area (Å²) in [6.45, 7) is 2.27. The fraction of sp³-hybridized carbons (Fsp3) is 1.00. The van der Waals surface area contributed by atoms with Gasteiger partial charge in [0.05, 0.1) is 6.61 Å². The molecule has 1 aliphatic rings. The molecule has 6 nitrogen and oxygen atoms in total. The lowest BCUT2D eigenvalue weighted by Crippen LogP contribution is -2.59. The van der Waals surface area contributed by atoms with Gasteiger partial charge in [0.1, 0.15) is 24.4 Å². The molecule has 5 atom stereocenters. The number of hydrogen-bond acceptors (Lipinski definition) is 6. The molecule has 4 N–H and O–H groups in total. The number of rotatable bonds is 18. The molecule has 0 radical (unpaired) electrons. The van der Waals surface area contributed by atoms with Crippen LogP contribution in [0.1, 0.15) is 103 Å². The Morgan fingerprint density at radius 3 is 1.52 bits per heavy atom. The zero-order valence-corrected chi connectivity index (χ0v) is 18.5. The minimum Gasteiger partial charge on any atom is -0.394 e. The predicted octanol–water partition coefficient (Wildman–Crippen LogP) is 3.67. The topological polar surface area (TPSA) is 99.4 Å². The van der Waals surface area contributed by atoms with Crippen molar-refractivity contribution in [1.29, 1.82) is 0 Å². The summed E-state index contributed by atoms with van der Waals surface area (Å²) in [7, 11) is 0. The van der Waals surface area contributed by atoms with Crippen molar-refractivity contribution in [2.24, 2.45) is 0 Å². The van der Waals surface area contributed by atoms with Gasteiger partial charge in [-0.05, 0) is 6.42 Å². The maximum absolute atomic E-state index is 9.91. The molecule has 1 saturated heterocycles. The van der Waals surface area contributed by atoms with Gasteiger partial charge < -0.3 is 29.9 Å². The third kappa shape index (κ3) is 11.7. The molecule has 0 aromatic heterocycles. The first-order chi connectivity index (χ1) is 14.1. The van der Waals surface area contributed by atoms with Gasteiger partial charge in [-0.3, -0.25) is 0 Å². The molecule has 0 amide bonds. The van der Waals surface area contributed by atoms with Crippen LogP contribution in [0.4, 0.5) is 0 Å². The van der Waals surface area contributed by atoms with Gasteiger partial charge >= 0.3 is 0 Å². The molecule has 1 aliphatic heterocycles. The van der Waals surface area contributed by atoms with E-state index in [1.807, 2.05) is 0 Å². The number of aliphatic hydroxyl groups is 4. The summed E-state index contributed by atoms with van der Waals surface area (Å²) in [5.41, 5.74) is 0. The summed E-state index contributed by atoms with van der Waals surface area (Å²) in [6, 6.07) is 0. The van der Waals surface area contributed by atoms with E-state index in [2.05, 4.69) is 6.92 Å². The van der Waals surface area contributed by atoms with Gasteiger partial charge in [-0.1, -0.05) is 96.8 Å². The summed E-state index contributed by atoms with van der Waals surface area (Å²) < 4.78 is 10.8. The Hall–Kier alpha value is -0.240. The lowest BCUT2D eigenvalue weighted by Gasteiger charge is -2.39. The fourth-order valence-corrected chi connectivity index (χ4v) is 3.88. The third-order valence-corrected chi connectivity index (χ3v) is 5.88. The van der Waals surface area contributed by atoms with Crippen LogP contribution in [-0.4, -0.2) is 64.3 Å². The molecule has 1 heterocycles. The molecule has 0 aliphatic carbocycles. The Morgan fingerprint density at radius 1 is 0.621 bits per heavy atom. The van der Waals surface area contributed by atoms with Crippen LogP contribution >= 0.6 is 0 Å². The van der Waals surface area contributed by atoms with Crippen LogP contribution in [-0.2, 0) is 9.47 Å². The highest BCUT2D eigenvalue weighted by Gasteiger charge is 2.43. The highest BCUT2D eigenvalue weighted by Crippen LogP contribution is 2.22. The minimum absolute atomic E-state index is 0.427.